The van der Waals surface area contributed by atoms with Crippen LogP contribution in [0, 0.1) is 17.2 Å². The Kier molecular flexibility index (Phi) is 2.70. The minimum absolute atomic E-state index is 0.0187. The zero-order chi connectivity index (χ0) is 10.9. The number of carbonyl (C=O) groups is 1. The van der Waals surface area contributed by atoms with E-state index in [1.165, 1.54) is 0 Å². The maximum absolute atomic E-state index is 11.5. The first kappa shape index (κ1) is 10.8. The highest BCUT2D eigenvalue weighted by Crippen LogP contribution is 2.25. The molecule has 78 valence electrons. The Bertz CT molecular complexity index is 275. The minimum Gasteiger partial charge on any atom is -0.444 e. The third-order valence-electron chi connectivity index (χ3n) is 2.26. The monoisotopic (exact) mass is 196 g/mol. The molecule has 0 N–H and O–H groups in total. The molecule has 1 rings (SSSR count). The predicted molar refractivity (Wildman–Crippen MR) is 51.5 cm³/mol. The van der Waals surface area contributed by atoms with Gasteiger partial charge in [0.1, 0.15) is 5.60 Å². The van der Waals surface area contributed by atoms with Crippen molar-refractivity contribution < 1.29 is 9.53 Å². The summed E-state index contributed by atoms with van der Waals surface area (Å²) in [7, 11) is 0. The number of hydrogen-bond acceptors (Lipinski definition) is 3. The minimum atomic E-state index is -0.464. The summed E-state index contributed by atoms with van der Waals surface area (Å²) in [5.74, 6) is -0.0393. The third kappa shape index (κ3) is 2.16. The number of nitrogens with zero attached hydrogens (tertiary/aromatic N) is 2. The van der Waals surface area contributed by atoms with Crippen LogP contribution in [-0.4, -0.2) is 29.2 Å². The second kappa shape index (κ2) is 3.49. The molecule has 1 aliphatic rings. The molecule has 2 atom stereocenters. The van der Waals surface area contributed by atoms with Crippen LogP contribution < -0.4 is 0 Å². The van der Waals surface area contributed by atoms with Gasteiger partial charge in [0, 0.05) is 12.6 Å². The Labute approximate surface area is 84.4 Å². The number of rotatable bonds is 0. The van der Waals surface area contributed by atoms with Crippen molar-refractivity contribution >= 4 is 6.09 Å². The fourth-order valence-corrected chi connectivity index (χ4v) is 1.32. The molecule has 0 spiro atoms. The Morgan fingerprint density at radius 2 is 2.14 bits per heavy atom. The van der Waals surface area contributed by atoms with Crippen molar-refractivity contribution in [1.82, 2.24) is 4.90 Å². The molecule has 0 aromatic rings. The average Bonchev–Trinajstić information content (AvgIpc) is 1.99. The molecule has 1 aliphatic heterocycles. The van der Waals surface area contributed by atoms with Gasteiger partial charge in [0.2, 0.25) is 0 Å². The second-order valence-corrected chi connectivity index (χ2v) is 4.61. The van der Waals surface area contributed by atoms with Crippen molar-refractivity contribution in [1.29, 1.82) is 5.26 Å². The van der Waals surface area contributed by atoms with Gasteiger partial charge in [0.25, 0.3) is 0 Å². The lowest BCUT2D eigenvalue weighted by Gasteiger charge is -2.42. The zero-order valence-corrected chi connectivity index (χ0v) is 9.07. The standard InChI is InChI=1S/C10H16N2O2/c1-7-8(5-11)6-12(7)9(13)14-10(2,3)4/h7-8H,6H2,1-4H3/t7-,8+/m0/s1. The Morgan fingerprint density at radius 1 is 1.57 bits per heavy atom. The van der Waals surface area contributed by atoms with Crippen molar-refractivity contribution in [2.45, 2.75) is 39.3 Å². The van der Waals surface area contributed by atoms with Crippen LogP contribution in [0.3, 0.4) is 0 Å². The zero-order valence-electron chi connectivity index (χ0n) is 9.07. The van der Waals surface area contributed by atoms with E-state index in [2.05, 4.69) is 6.07 Å². The van der Waals surface area contributed by atoms with Crippen LogP contribution in [0.4, 0.5) is 4.79 Å². The number of amides is 1. The van der Waals surface area contributed by atoms with Crippen LogP contribution in [-0.2, 0) is 4.74 Å². The summed E-state index contributed by atoms with van der Waals surface area (Å²) >= 11 is 0. The van der Waals surface area contributed by atoms with Gasteiger partial charge in [-0.25, -0.2) is 4.79 Å². The summed E-state index contributed by atoms with van der Waals surface area (Å²) in [6, 6.07) is 2.13. The van der Waals surface area contributed by atoms with Gasteiger partial charge in [0.05, 0.1) is 12.0 Å². The lowest BCUT2D eigenvalue weighted by molar-refractivity contribution is -0.0139. The van der Waals surface area contributed by atoms with Crippen LogP contribution in [0.25, 0.3) is 0 Å². The van der Waals surface area contributed by atoms with E-state index in [1.807, 2.05) is 27.7 Å². The van der Waals surface area contributed by atoms with Crippen LogP contribution in [0.2, 0.25) is 0 Å². The molecule has 14 heavy (non-hydrogen) atoms. The molecular weight excluding hydrogens is 180 g/mol. The normalized spacial score (nSPS) is 26.4. The van der Waals surface area contributed by atoms with Crippen molar-refractivity contribution in [2.75, 3.05) is 6.54 Å². The molecule has 1 saturated heterocycles. The molecule has 0 saturated carbocycles. The molecule has 0 radical (unpaired) electrons. The molecule has 0 bridgehead atoms. The summed E-state index contributed by atoms with van der Waals surface area (Å²) < 4.78 is 5.18. The first-order chi connectivity index (χ1) is 6.35. The van der Waals surface area contributed by atoms with Crippen LogP contribution >= 0.6 is 0 Å². The first-order valence-electron chi connectivity index (χ1n) is 4.74. The van der Waals surface area contributed by atoms with Crippen LogP contribution in [0.5, 0.6) is 0 Å². The maximum atomic E-state index is 11.5. The van der Waals surface area contributed by atoms with E-state index in [4.69, 9.17) is 10.00 Å². The SMILES string of the molecule is C[C@H]1[C@H](C#N)CN1C(=O)OC(C)(C)C. The van der Waals surface area contributed by atoms with Gasteiger partial charge >= 0.3 is 6.09 Å². The first-order valence-corrected chi connectivity index (χ1v) is 4.74. The highest BCUT2D eigenvalue weighted by molar-refractivity contribution is 5.70. The molecule has 1 fully saturated rings. The summed E-state index contributed by atoms with van der Waals surface area (Å²) in [5.41, 5.74) is -0.464. The average molecular weight is 196 g/mol. The summed E-state index contributed by atoms with van der Waals surface area (Å²) in [4.78, 5) is 13.1. The lowest BCUT2D eigenvalue weighted by Crippen LogP contribution is -2.57. The van der Waals surface area contributed by atoms with Crippen molar-refractivity contribution in [3.05, 3.63) is 0 Å². The van der Waals surface area contributed by atoms with Gasteiger partial charge in [-0.3, -0.25) is 0 Å². The van der Waals surface area contributed by atoms with Crippen LogP contribution in [0.1, 0.15) is 27.7 Å². The summed E-state index contributed by atoms with van der Waals surface area (Å²) in [6.07, 6.45) is -0.323. The quantitative estimate of drug-likeness (QED) is 0.593. The molecule has 0 aromatic carbocycles. The molecule has 0 aliphatic carbocycles. The lowest BCUT2D eigenvalue weighted by atomic mass is 9.92. The molecule has 1 heterocycles. The molecule has 4 nitrogen and oxygen atoms in total. The van der Waals surface area contributed by atoms with E-state index in [1.54, 1.807) is 4.90 Å². The van der Waals surface area contributed by atoms with Crippen molar-refractivity contribution in [3.63, 3.8) is 0 Å². The fraction of sp³-hybridized carbons (Fsp3) is 0.800. The van der Waals surface area contributed by atoms with E-state index < -0.39 is 5.60 Å². The number of nitriles is 1. The molecule has 0 unspecified atom stereocenters. The van der Waals surface area contributed by atoms with Crippen molar-refractivity contribution in [2.24, 2.45) is 5.92 Å². The van der Waals surface area contributed by atoms with E-state index in [9.17, 15) is 4.79 Å². The van der Waals surface area contributed by atoms with Gasteiger partial charge in [-0.1, -0.05) is 0 Å². The Hall–Kier alpha value is -1.24. The highest BCUT2D eigenvalue weighted by Gasteiger charge is 2.40. The van der Waals surface area contributed by atoms with Gasteiger partial charge in [-0.2, -0.15) is 5.26 Å². The third-order valence-corrected chi connectivity index (χ3v) is 2.26. The number of likely N-dealkylation sites (tertiary alicyclic amines) is 1. The van der Waals surface area contributed by atoms with Gasteiger partial charge in [-0.15, -0.1) is 0 Å². The van der Waals surface area contributed by atoms with Gasteiger partial charge in [0.15, 0.2) is 0 Å². The summed E-state index contributed by atoms with van der Waals surface area (Å²) in [5, 5.41) is 8.66. The smallest absolute Gasteiger partial charge is 0.410 e. The Balaban J connectivity index is 2.47. The second-order valence-electron chi connectivity index (χ2n) is 4.61. The van der Waals surface area contributed by atoms with E-state index in [0.29, 0.717) is 6.54 Å². The van der Waals surface area contributed by atoms with E-state index in [-0.39, 0.29) is 18.1 Å². The number of hydrogen-bond donors (Lipinski definition) is 0. The highest BCUT2D eigenvalue weighted by atomic mass is 16.6. The van der Waals surface area contributed by atoms with Gasteiger partial charge in [-0.05, 0) is 27.7 Å². The maximum Gasteiger partial charge on any atom is 0.410 e. The molecule has 1 amide bonds. The molecular formula is C10H16N2O2. The summed E-state index contributed by atoms with van der Waals surface area (Å²) in [6.45, 7) is 7.85. The van der Waals surface area contributed by atoms with Gasteiger partial charge < -0.3 is 9.64 Å². The topological polar surface area (TPSA) is 53.3 Å². The predicted octanol–water partition coefficient (Wildman–Crippen LogP) is 1.77. The van der Waals surface area contributed by atoms with E-state index in [0.717, 1.165) is 0 Å². The molecule has 0 aromatic heterocycles. The Morgan fingerprint density at radius 3 is 2.50 bits per heavy atom. The molecule has 4 heteroatoms. The van der Waals surface area contributed by atoms with Crippen LogP contribution in [0.15, 0.2) is 0 Å². The van der Waals surface area contributed by atoms with Crippen molar-refractivity contribution in [3.8, 4) is 6.07 Å². The largest absolute Gasteiger partial charge is 0.444 e. The number of carbonyl (C=O) groups excluding carboxylic acids is 1. The number of ether oxygens (including phenoxy) is 1. The van der Waals surface area contributed by atoms with E-state index >= 15 is 0 Å². The fourth-order valence-electron chi connectivity index (χ4n) is 1.32.